The Labute approximate surface area is 221 Å². The number of aromatic amines is 1. The summed E-state index contributed by atoms with van der Waals surface area (Å²) in [5.74, 6) is -0.467. The summed E-state index contributed by atoms with van der Waals surface area (Å²) in [7, 11) is -4.46. The number of hydrazone groups is 1. The Hall–Kier alpha value is -3.79. The van der Waals surface area contributed by atoms with Crippen LogP contribution < -0.4 is 5.56 Å². The van der Waals surface area contributed by atoms with E-state index >= 15 is 0 Å². The van der Waals surface area contributed by atoms with E-state index < -0.39 is 16.0 Å². The second-order valence-corrected chi connectivity index (χ2v) is 10.2. The van der Waals surface area contributed by atoms with Crippen molar-refractivity contribution in [3.63, 3.8) is 0 Å². The van der Waals surface area contributed by atoms with E-state index in [4.69, 9.17) is 5.26 Å². The highest BCUT2D eigenvalue weighted by Crippen LogP contribution is 2.24. The van der Waals surface area contributed by atoms with Crippen molar-refractivity contribution in [2.24, 2.45) is 5.10 Å². The fourth-order valence-corrected chi connectivity index (χ4v) is 4.97. The number of nitrogens with zero attached hydrogens (tertiary/aromatic N) is 3. The molecule has 3 aromatic rings. The van der Waals surface area contributed by atoms with Crippen molar-refractivity contribution in [3.8, 4) is 0 Å². The van der Waals surface area contributed by atoms with Crippen LogP contribution in [0.1, 0.15) is 22.4 Å². The number of aromatic nitrogens is 2. The zero-order valence-electron chi connectivity index (χ0n) is 19.8. The Balaban J connectivity index is 1.48. The van der Waals surface area contributed by atoms with Crippen LogP contribution in [0, 0.1) is 6.92 Å². The largest absolute Gasteiger partial charge is 0.299 e. The van der Waals surface area contributed by atoms with Gasteiger partial charge >= 0.3 is 0 Å². The Bertz CT molecular complexity index is 1610. The number of carbonyl (C=O) groups excluding carboxylic acids is 1. The molecule has 1 amide bonds. The molecule has 1 aliphatic rings. The minimum Gasteiger partial charge on any atom is -0.299 e. The Kier molecular flexibility index (Phi) is 8.41. The van der Waals surface area contributed by atoms with Crippen LogP contribution in [-0.4, -0.2) is 45.1 Å². The monoisotopic (exact) mass is 558 g/mol. The summed E-state index contributed by atoms with van der Waals surface area (Å²) < 4.78 is 38.6. The highest BCUT2D eigenvalue weighted by atomic mass is 32.2. The first-order valence-corrected chi connectivity index (χ1v) is 13.2. The molecule has 0 unspecified atom stereocenters. The lowest BCUT2D eigenvalue weighted by Gasteiger charge is -2.13. The molecule has 0 saturated carbocycles. The molecule has 1 aromatic heterocycles. The maximum atomic E-state index is 13.0. The molecule has 0 saturated heterocycles. The van der Waals surface area contributed by atoms with E-state index in [-0.39, 0.29) is 34.7 Å². The van der Waals surface area contributed by atoms with Crippen LogP contribution in [0.25, 0.3) is 6.08 Å². The average Bonchev–Trinajstić information content (AvgIpc) is 3.36. The van der Waals surface area contributed by atoms with Gasteiger partial charge in [-0.3, -0.25) is 19.2 Å². The number of H-pyrrole nitrogens is 1. The molecule has 2 heterocycles. The van der Waals surface area contributed by atoms with E-state index in [9.17, 15) is 22.6 Å². The van der Waals surface area contributed by atoms with Gasteiger partial charge in [-0.2, -0.15) is 13.5 Å². The lowest BCUT2D eigenvalue weighted by atomic mass is 10.2. The van der Waals surface area contributed by atoms with Gasteiger partial charge in [0.2, 0.25) is 0 Å². The van der Waals surface area contributed by atoms with Crippen LogP contribution in [0.2, 0.25) is 0 Å². The van der Waals surface area contributed by atoms with Gasteiger partial charge in [-0.05, 0) is 42.3 Å². The lowest BCUT2D eigenvalue weighted by Crippen LogP contribution is -2.22. The van der Waals surface area contributed by atoms with Crippen LogP contribution in [-0.2, 0) is 37.4 Å². The smallest absolute Gasteiger partial charge is 0.294 e. The molecule has 198 valence electrons. The van der Waals surface area contributed by atoms with Crippen molar-refractivity contribution < 1.29 is 32.4 Å². The van der Waals surface area contributed by atoms with E-state index in [2.05, 4.69) is 19.6 Å². The SMILES string of the molecule is Cc1[nH]n(Cc2ccccc2SOOO)c(=O)c1/C=C/C=C1\C=NN(Cc2ccccc2S(=O)(=O)O)C1=O. The first-order valence-electron chi connectivity index (χ1n) is 11.0. The van der Waals surface area contributed by atoms with Gasteiger partial charge in [0, 0.05) is 10.6 Å². The zero-order valence-corrected chi connectivity index (χ0v) is 21.5. The van der Waals surface area contributed by atoms with Gasteiger partial charge in [0.25, 0.3) is 21.6 Å². The number of allylic oxidation sites excluding steroid dienone is 2. The number of rotatable bonds is 10. The Morgan fingerprint density at radius 1 is 1.08 bits per heavy atom. The zero-order chi connectivity index (χ0) is 27.3. The number of nitrogens with one attached hydrogen (secondary N) is 1. The second kappa shape index (κ2) is 11.7. The molecule has 0 radical (unpaired) electrons. The summed E-state index contributed by atoms with van der Waals surface area (Å²) in [5, 5.41) is 20.2. The topological polar surface area (TPSA) is 164 Å². The van der Waals surface area contributed by atoms with Crippen LogP contribution in [0.3, 0.4) is 0 Å². The van der Waals surface area contributed by atoms with Gasteiger partial charge in [-0.25, -0.2) is 14.9 Å². The Morgan fingerprint density at radius 3 is 2.53 bits per heavy atom. The first kappa shape index (κ1) is 27.3. The van der Waals surface area contributed by atoms with Crippen LogP contribution >= 0.6 is 12.0 Å². The van der Waals surface area contributed by atoms with Crippen molar-refractivity contribution in [3.05, 3.63) is 99.0 Å². The number of aryl methyl sites for hydroxylation is 1. The van der Waals surface area contributed by atoms with E-state index in [0.29, 0.717) is 16.2 Å². The van der Waals surface area contributed by atoms with Gasteiger partial charge in [0.15, 0.2) is 0 Å². The molecule has 2 aromatic carbocycles. The first-order chi connectivity index (χ1) is 18.2. The third kappa shape index (κ3) is 6.19. The second-order valence-electron chi connectivity index (χ2n) is 8.05. The van der Waals surface area contributed by atoms with Crippen molar-refractivity contribution in [1.82, 2.24) is 14.8 Å². The predicted octanol–water partition coefficient (Wildman–Crippen LogP) is 3.18. The molecule has 12 nitrogen and oxygen atoms in total. The normalized spacial score (nSPS) is 14.9. The minimum atomic E-state index is -4.46. The molecule has 0 fully saturated rings. The number of amides is 1. The van der Waals surface area contributed by atoms with Crippen molar-refractivity contribution >= 4 is 40.4 Å². The standard InChI is InChI=1S/C24H22N4O8S2/c1-16-20(24(30)28(26-16)14-18-7-2-4-11-21(18)37-36-35-31)10-6-9-17-13-25-27(23(17)29)15-19-8-3-5-12-22(19)38(32,33)34/h2-13,26,31H,14-15H2,1H3,(H,32,33,34)/b10-6+,17-9+. The fourth-order valence-electron chi connectivity index (χ4n) is 3.78. The maximum absolute atomic E-state index is 13.0. The molecule has 4 rings (SSSR count). The van der Waals surface area contributed by atoms with E-state index in [0.717, 1.165) is 22.6 Å². The number of hydrogen-bond donors (Lipinski definition) is 3. The van der Waals surface area contributed by atoms with Crippen LogP contribution in [0.4, 0.5) is 0 Å². The quantitative estimate of drug-likeness (QED) is 0.111. The van der Waals surface area contributed by atoms with Crippen molar-refractivity contribution in [2.75, 3.05) is 0 Å². The van der Waals surface area contributed by atoms with Gasteiger partial charge in [0.1, 0.15) is 0 Å². The molecule has 0 bridgehead atoms. The van der Waals surface area contributed by atoms with Gasteiger partial charge in [0.05, 0.1) is 47.4 Å². The third-order valence-electron chi connectivity index (χ3n) is 5.56. The maximum Gasteiger partial charge on any atom is 0.294 e. The summed E-state index contributed by atoms with van der Waals surface area (Å²) in [6.45, 7) is 1.80. The third-order valence-corrected chi connectivity index (χ3v) is 7.23. The van der Waals surface area contributed by atoms with Crippen LogP contribution in [0.5, 0.6) is 0 Å². The molecular formula is C24H22N4O8S2. The minimum absolute atomic E-state index is 0.150. The molecule has 0 aliphatic carbocycles. The molecule has 3 N–H and O–H groups in total. The van der Waals surface area contributed by atoms with Gasteiger partial charge in [-0.1, -0.05) is 47.5 Å². The lowest BCUT2D eigenvalue weighted by molar-refractivity contribution is -0.432. The Morgan fingerprint density at radius 2 is 1.79 bits per heavy atom. The number of benzene rings is 2. The fraction of sp³-hybridized carbons (Fsp3) is 0.125. The van der Waals surface area contributed by atoms with Crippen LogP contribution in [0.15, 0.2) is 85.9 Å². The number of carbonyl (C=O) groups is 1. The highest BCUT2D eigenvalue weighted by molar-refractivity contribution is 7.94. The summed E-state index contributed by atoms with van der Waals surface area (Å²) in [6.07, 6.45) is 5.94. The van der Waals surface area contributed by atoms with Crippen molar-refractivity contribution in [1.29, 1.82) is 0 Å². The van der Waals surface area contributed by atoms with E-state index in [1.54, 1.807) is 49.4 Å². The molecule has 14 heteroatoms. The average molecular weight is 559 g/mol. The van der Waals surface area contributed by atoms with E-state index in [1.807, 2.05) is 0 Å². The summed E-state index contributed by atoms with van der Waals surface area (Å²) in [5.41, 5.74) is 1.92. The molecule has 0 spiro atoms. The predicted molar refractivity (Wildman–Crippen MR) is 138 cm³/mol. The number of hydrogen-bond acceptors (Lipinski definition) is 9. The van der Waals surface area contributed by atoms with Crippen molar-refractivity contribution in [2.45, 2.75) is 29.8 Å². The molecular weight excluding hydrogens is 536 g/mol. The summed E-state index contributed by atoms with van der Waals surface area (Å²) in [6, 6.07) is 12.9. The van der Waals surface area contributed by atoms with E-state index in [1.165, 1.54) is 35.2 Å². The molecule has 1 aliphatic heterocycles. The highest BCUT2D eigenvalue weighted by Gasteiger charge is 2.25. The van der Waals surface area contributed by atoms with Gasteiger partial charge < -0.3 is 0 Å². The van der Waals surface area contributed by atoms with Gasteiger partial charge in [-0.15, -0.1) is 4.33 Å². The summed E-state index contributed by atoms with van der Waals surface area (Å²) in [4.78, 5) is 26.1. The molecule has 0 atom stereocenters. The summed E-state index contributed by atoms with van der Waals surface area (Å²) >= 11 is 0.800. The molecule has 38 heavy (non-hydrogen) atoms.